The van der Waals surface area contributed by atoms with Gasteiger partial charge >= 0.3 is 0 Å². The molecule has 126 valence electrons. The highest BCUT2D eigenvalue weighted by atomic mass is 127. The van der Waals surface area contributed by atoms with Crippen LogP contribution in [0.4, 0.5) is 0 Å². The molecule has 2 unspecified atom stereocenters. The Morgan fingerprint density at radius 2 is 2.09 bits per heavy atom. The van der Waals surface area contributed by atoms with E-state index in [0.29, 0.717) is 0 Å². The molecule has 0 aliphatic carbocycles. The van der Waals surface area contributed by atoms with Gasteiger partial charge in [0.15, 0.2) is 5.96 Å². The zero-order chi connectivity index (χ0) is 15.2. The van der Waals surface area contributed by atoms with E-state index in [4.69, 9.17) is 0 Å². The number of thiazole rings is 1. The fourth-order valence-corrected chi connectivity index (χ4v) is 3.94. The topological polar surface area (TPSA) is 40.5 Å². The number of rotatable bonds is 4. The van der Waals surface area contributed by atoms with Gasteiger partial charge in [0.05, 0.1) is 5.01 Å². The molecule has 1 aliphatic rings. The van der Waals surface area contributed by atoms with Gasteiger partial charge in [-0.25, -0.2) is 4.98 Å². The van der Waals surface area contributed by atoms with Crippen LogP contribution in [0.15, 0.2) is 10.4 Å². The first kappa shape index (κ1) is 19.7. The van der Waals surface area contributed by atoms with Gasteiger partial charge in [0.1, 0.15) is 0 Å². The van der Waals surface area contributed by atoms with Crippen molar-refractivity contribution >= 4 is 41.3 Å². The number of nitrogens with one attached hydrogen (secondary N) is 1. The molecule has 1 saturated heterocycles. The summed E-state index contributed by atoms with van der Waals surface area (Å²) in [6.45, 7) is 9.93. The number of nitrogens with zero attached hydrogens (tertiary/aromatic N) is 3. The van der Waals surface area contributed by atoms with Crippen molar-refractivity contribution in [2.45, 2.75) is 40.0 Å². The lowest BCUT2D eigenvalue weighted by atomic mass is 9.92. The molecular weight excluding hydrogens is 407 g/mol. The number of likely N-dealkylation sites (tertiary alicyclic amines) is 1. The number of hydrogen-bond acceptors (Lipinski definition) is 3. The lowest BCUT2D eigenvalue weighted by Gasteiger charge is -2.37. The van der Waals surface area contributed by atoms with Crippen molar-refractivity contribution in [1.82, 2.24) is 15.2 Å². The summed E-state index contributed by atoms with van der Waals surface area (Å²) in [6, 6.07) is 0. The van der Waals surface area contributed by atoms with E-state index in [2.05, 4.69) is 46.3 Å². The van der Waals surface area contributed by atoms with E-state index in [-0.39, 0.29) is 24.0 Å². The molecule has 1 aromatic heterocycles. The zero-order valence-corrected chi connectivity index (χ0v) is 17.3. The van der Waals surface area contributed by atoms with Crippen molar-refractivity contribution < 1.29 is 0 Å². The van der Waals surface area contributed by atoms with Crippen molar-refractivity contribution in [3.8, 4) is 0 Å². The number of piperidine rings is 1. The molecule has 0 amide bonds. The summed E-state index contributed by atoms with van der Waals surface area (Å²) in [6.07, 6.45) is 3.48. The van der Waals surface area contributed by atoms with Gasteiger partial charge < -0.3 is 10.2 Å². The summed E-state index contributed by atoms with van der Waals surface area (Å²) in [5.74, 6) is 2.57. The number of guanidine groups is 1. The third-order valence-corrected chi connectivity index (χ3v) is 4.92. The summed E-state index contributed by atoms with van der Waals surface area (Å²) in [5.41, 5.74) is 1.13. The maximum atomic E-state index is 4.51. The third-order valence-electron chi connectivity index (χ3n) is 3.90. The van der Waals surface area contributed by atoms with Crippen molar-refractivity contribution in [3.63, 3.8) is 0 Å². The molecule has 6 heteroatoms. The zero-order valence-electron chi connectivity index (χ0n) is 14.1. The van der Waals surface area contributed by atoms with Gasteiger partial charge in [-0.05, 0) is 31.6 Å². The molecule has 22 heavy (non-hydrogen) atoms. The highest BCUT2D eigenvalue weighted by molar-refractivity contribution is 14.0. The molecular formula is C16H29IN4S. The molecule has 0 saturated carbocycles. The minimum atomic E-state index is 0. The second kappa shape index (κ2) is 9.70. The fourth-order valence-electron chi connectivity index (χ4n) is 3.13. The molecule has 4 nitrogen and oxygen atoms in total. The van der Waals surface area contributed by atoms with E-state index in [9.17, 15) is 0 Å². The maximum absolute atomic E-state index is 4.51. The number of aromatic nitrogens is 1. The SMILES string of the molecule is CN=C(NCCCc1nc(C)cs1)N1CC(C)CC(C)C1.I. The number of halogens is 1. The Morgan fingerprint density at radius 1 is 1.41 bits per heavy atom. The molecule has 1 N–H and O–H groups in total. The standard InChI is InChI=1S/C16H28N4S.HI/c1-12-8-13(2)10-20(9-12)16(17-4)18-7-5-6-15-19-14(3)11-21-15;/h11-13H,5-10H2,1-4H3,(H,17,18);1H. The van der Waals surface area contributed by atoms with Gasteiger partial charge in [-0.15, -0.1) is 35.3 Å². The van der Waals surface area contributed by atoms with Crippen molar-refractivity contribution in [2.24, 2.45) is 16.8 Å². The van der Waals surface area contributed by atoms with E-state index in [1.807, 2.05) is 7.05 Å². The van der Waals surface area contributed by atoms with E-state index in [1.165, 1.54) is 11.4 Å². The van der Waals surface area contributed by atoms with Crippen LogP contribution in [0.2, 0.25) is 0 Å². The van der Waals surface area contributed by atoms with Crippen molar-refractivity contribution in [1.29, 1.82) is 0 Å². The normalized spacial score (nSPS) is 22.4. The third kappa shape index (κ3) is 6.02. The highest BCUT2D eigenvalue weighted by Crippen LogP contribution is 2.20. The smallest absolute Gasteiger partial charge is 0.193 e. The number of aryl methyl sites for hydroxylation is 2. The highest BCUT2D eigenvalue weighted by Gasteiger charge is 2.23. The van der Waals surface area contributed by atoms with Crippen LogP contribution < -0.4 is 5.32 Å². The minimum absolute atomic E-state index is 0. The van der Waals surface area contributed by atoms with E-state index in [1.54, 1.807) is 11.3 Å². The molecule has 0 aromatic carbocycles. The summed E-state index contributed by atoms with van der Waals surface area (Å²) < 4.78 is 0. The Bertz CT molecular complexity index is 464. The lowest BCUT2D eigenvalue weighted by Crippen LogP contribution is -2.48. The lowest BCUT2D eigenvalue weighted by molar-refractivity contribution is 0.208. The fraction of sp³-hybridized carbons (Fsp3) is 0.750. The largest absolute Gasteiger partial charge is 0.356 e. The molecule has 0 bridgehead atoms. The average molecular weight is 436 g/mol. The second-order valence-corrected chi connectivity index (χ2v) is 7.25. The molecule has 2 rings (SSSR count). The van der Waals surface area contributed by atoms with Crippen LogP contribution in [0.25, 0.3) is 0 Å². The Hall–Kier alpha value is -0.370. The maximum Gasteiger partial charge on any atom is 0.193 e. The van der Waals surface area contributed by atoms with E-state index in [0.717, 1.165) is 56.0 Å². The van der Waals surface area contributed by atoms with E-state index >= 15 is 0 Å². The quantitative estimate of drug-likeness (QED) is 0.340. The Kier molecular flexibility index (Phi) is 8.67. The average Bonchev–Trinajstić information content (AvgIpc) is 2.83. The molecule has 2 heterocycles. The minimum Gasteiger partial charge on any atom is -0.356 e. The first-order valence-electron chi connectivity index (χ1n) is 7.95. The summed E-state index contributed by atoms with van der Waals surface area (Å²) in [5, 5.41) is 6.87. The Morgan fingerprint density at radius 3 is 2.64 bits per heavy atom. The van der Waals surface area contributed by atoms with E-state index < -0.39 is 0 Å². The first-order valence-corrected chi connectivity index (χ1v) is 8.83. The monoisotopic (exact) mass is 436 g/mol. The Balaban J connectivity index is 0.00000242. The molecule has 1 aromatic rings. The van der Waals surface area contributed by atoms with Gasteiger partial charge in [-0.2, -0.15) is 0 Å². The molecule has 2 atom stereocenters. The Labute approximate surface area is 155 Å². The van der Waals surface area contributed by atoms with Crippen LogP contribution >= 0.6 is 35.3 Å². The van der Waals surface area contributed by atoms with Gasteiger partial charge in [0.25, 0.3) is 0 Å². The van der Waals surface area contributed by atoms with Gasteiger partial charge in [-0.3, -0.25) is 4.99 Å². The predicted molar refractivity (Wildman–Crippen MR) is 106 cm³/mol. The molecule has 1 aliphatic heterocycles. The first-order chi connectivity index (χ1) is 10.1. The number of aliphatic imine (C=N–C) groups is 1. The van der Waals surface area contributed by atoms with Crippen LogP contribution in [0, 0.1) is 18.8 Å². The molecule has 1 fully saturated rings. The van der Waals surface area contributed by atoms with Crippen LogP contribution in [-0.2, 0) is 6.42 Å². The van der Waals surface area contributed by atoms with Crippen LogP contribution in [0.1, 0.15) is 37.4 Å². The van der Waals surface area contributed by atoms with Crippen molar-refractivity contribution in [2.75, 3.05) is 26.7 Å². The van der Waals surface area contributed by atoms with Crippen molar-refractivity contribution in [3.05, 3.63) is 16.1 Å². The molecule has 0 spiro atoms. The summed E-state index contributed by atoms with van der Waals surface area (Å²) in [4.78, 5) is 11.4. The summed E-state index contributed by atoms with van der Waals surface area (Å²) in [7, 11) is 1.89. The van der Waals surface area contributed by atoms with Gasteiger partial charge in [0, 0.05) is 44.2 Å². The van der Waals surface area contributed by atoms with Gasteiger partial charge in [-0.1, -0.05) is 13.8 Å². The second-order valence-electron chi connectivity index (χ2n) is 6.31. The predicted octanol–water partition coefficient (Wildman–Crippen LogP) is 3.56. The van der Waals surface area contributed by atoms with Gasteiger partial charge in [0.2, 0.25) is 0 Å². The van der Waals surface area contributed by atoms with Crippen LogP contribution in [-0.4, -0.2) is 42.5 Å². The molecule has 0 radical (unpaired) electrons. The summed E-state index contributed by atoms with van der Waals surface area (Å²) >= 11 is 1.76. The van der Waals surface area contributed by atoms with Crippen LogP contribution in [0.5, 0.6) is 0 Å². The van der Waals surface area contributed by atoms with Crippen LogP contribution in [0.3, 0.4) is 0 Å². The number of hydrogen-bond donors (Lipinski definition) is 1.